The summed E-state index contributed by atoms with van der Waals surface area (Å²) in [6.07, 6.45) is 5.01. The fourth-order valence-corrected chi connectivity index (χ4v) is 6.61. The van der Waals surface area contributed by atoms with E-state index in [-0.39, 0.29) is 11.5 Å². The highest BCUT2D eigenvalue weighted by atomic mass is 79.9. The number of thiazole rings is 1. The lowest BCUT2D eigenvalue weighted by atomic mass is 9.95. The number of amides is 1. The van der Waals surface area contributed by atoms with Crippen LogP contribution in [0.15, 0.2) is 125 Å². The molecule has 11 heteroatoms. The number of benzene rings is 2. The first-order chi connectivity index (χ1) is 19.5. The topological polar surface area (TPSA) is 102 Å². The predicted octanol–water partition coefficient (Wildman–Crippen LogP) is 5.17. The van der Waals surface area contributed by atoms with Crippen LogP contribution in [-0.4, -0.2) is 20.4 Å². The number of aromatic nitrogens is 3. The van der Waals surface area contributed by atoms with Crippen molar-refractivity contribution in [1.29, 1.82) is 0 Å². The lowest BCUT2D eigenvalue weighted by Gasteiger charge is -2.25. The summed E-state index contributed by atoms with van der Waals surface area (Å²) in [5, 5.41) is 4.08. The molecule has 5 aromatic rings. The summed E-state index contributed by atoms with van der Waals surface area (Å²) in [7, 11) is 0. The Kier molecular flexibility index (Phi) is 7.33. The molecule has 3 aromatic heterocycles. The van der Waals surface area contributed by atoms with Gasteiger partial charge in [0.1, 0.15) is 5.76 Å². The largest absolute Gasteiger partial charge is 0.449 e. The van der Waals surface area contributed by atoms with E-state index in [1.54, 1.807) is 42.1 Å². The molecule has 0 saturated heterocycles. The molecule has 8 nitrogen and oxygen atoms in total. The van der Waals surface area contributed by atoms with Gasteiger partial charge in [0.2, 0.25) is 0 Å². The molecule has 0 bridgehead atoms. The molecule has 1 atom stereocenters. The number of anilines is 1. The van der Waals surface area contributed by atoms with Crippen LogP contribution < -0.4 is 20.2 Å². The maximum atomic E-state index is 13.9. The van der Waals surface area contributed by atoms with Crippen molar-refractivity contribution in [2.24, 2.45) is 4.99 Å². The number of hydrogen-bond acceptors (Lipinski definition) is 8. The highest BCUT2D eigenvalue weighted by Gasteiger charge is 2.32. The van der Waals surface area contributed by atoms with E-state index < -0.39 is 6.04 Å². The van der Waals surface area contributed by atoms with E-state index in [9.17, 15) is 9.59 Å². The van der Waals surface area contributed by atoms with E-state index in [2.05, 4.69) is 36.2 Å². The normalized spacial score (nSPS) is 15.1. The van der Waals surface area contributed by atoms with Crippen molar-refractivity contribution in [2.75, 3.05) is 5.32 Å². The van der Waals surface area contributed by atoms with Crippen molar-refractivity contribution in [1.82, 2.24) is 14.5 Å². The van der Waals surface area contributed by atoms with E-state index >= 15 is 0 Å². The van der Waals surface area contributed by atoms with Crippen LogP contribution in [0.4, 0.5) is 5.69 Å². The van der Waals surface area contributed by atoms with E-state index in [4.69, 9.17) is 4.42 Å². The van der Waals surface area contributed by atoms with Crippen molar-refractivity contribution >= 4 is 56.7 Å². The zero-order valence-corrected chi connectivity index (χ0v) is 24.2. The van der Waals surface area contributed by atoms with Crippen LogP contribution in [0.3, 0.4) is 0 Å². The average Bonchev–Trinajstić information content (AvgIpc) is 3.46. The fourth-order valence-electron chi connectivity index (χ4n) is 4.34. The SMILES string of the molecule is CC1=C(C(=O)Nc2ccccc2)[C@@H](c2ccccc2)n2c(s/c(=C/c3cc(Br)c(Sc4ncccn4)o3)c2=O)=N1. The van der Waals surface area contributed by atoms with Gasteiger partial charge < -0.3 is 9.73 Å². The fraction of sp³-hybridized carbons (Fsp3) is 0.0690. The average molecular weight is 631 g/mol. The number of para-hydroxylation sites is 1. The molecule has 40 heavy (non-hydrogen) atoms. The lowest BCUT2D eigenvalue weighted by Crippen LogP contribution is -2.40. The molecule has 0 spiro atoms. The Balaban J connectivity index is 1.42. The molecular weight excluding hydrogens is 610 g/mol. The van der Waals surface area contributed by atoms with E-state index in [1.165, 1.54) is 23.1 Å². The maximum Gasteiger partial charge on any atom is 0.271 e. The smallest absolute Gasteiger partial charge is 0.271 e. The molecule has 0 aliphatic carbocycles. The van der Waals surface area contributed by atoms with Gasteiger partial charge in [-0.25, -0.2) is 15.0 Å². The molecular formula is C29H20BrN5O3S2. The molecule has 2 aromatic carbocycles. The Morgan fingerprint density at radius 3 is 2.50 bits per heavy atom. The number of halogens is 1. The third-order valence-corrected chi connectivity index (χ3v) is 8.80. The van der Waals surface area contributed by atoms with Crippen LogP contribution in [0.1, 0.15) is 24.3 Å². The Morgan fingerprint density at radius 2 is 1.77 bits per heavy atom. The minimum absolute atomic E-state index is 0.261. The van der Waals surface area contributed by atoms with E-state index in [0.717, 1.165) is 10.0 Å². The van der Waals surface area contributed by atoms with Gasteiger partial charge in [-0.1, -0.05) is 59.9 Å². The first-order valence-electron chi connectivity index (χ1n) is 12.2. The third kappa shape index (κ3) is 5.23. The number of hydrogen-bond donors (Lipinski definition) is 1. The summed E-state index contributed by atoms with van der Waals surface area (Å²) in [6, 6.07) is 21.6. The Hall–Kier alpha value is -4.06. The standard InChI is InChI=1S/C29H20BrN5O3S2/c1-17-23(25(36)34-19-11-6-3-7-12-19)24(18-9-4-2-5-10-18)35-26(37)22(39-29(35)33-17)16-20-15-21(30)27(38-20)40-28-31-13-8-14-32-28/h2-16,24H,1H3,(H,34,36)/b22-16+/t24-/m1/s1. The zero-order chi connectivity index (χ0) is 27.6. The monoisotopic (exact) mass is 629 g/mol. The summed E-state index contributed by atoms with van der Waals surface area (Å²) in [4.78, 5) is 41.1. The van der Waals surface area contributed by atoms with Gasteiger partial charge in [0.25, 0.3) is 11.5 Å². The number of furan rings is 1. The molecule has 1 amide bonds. The summed E-state index contributed by atoms with van der Waals surface area (Å²) < 4.78 is 8.75. The molecule has 0 fully saturated rings. The minimum atomic E-state index is -0.645. The van der Waals surface area contributed by atoms with Gasteiger partial charge in [-0.2, -0.15) is 0 Å². The molecule has 1 aliphatic rings. The highest BCUT2D eigenvalue weighted by molar-refractivity contribution is 9.10. The van der Waals surface area contributed by atoms with Crippen LogP contribution in [-0.2, 0) is 4.79 Å². The summed E-state index contributed by atoms with van der Waals surface area (Å²) >= 11 is 6.05. The van der Waals surface area contributed by atoms with E-state index in [1.807, 2.05) is 60.7 Å². The minimum Gasteiger partial charge on any atom is -0.449 e. The predicted molar refractivity (Wildman–Crippen MR) is 158 cm³/mol. The molecule has 0 unspecified atom stereocenters. The van der Waals surface area contributed by atoms with Gasteiger partial charge >= 0.3 is 0 Å². The lowest BCUT2D eigenvalue weighted by molar-refractivity contribution is -0.113. The molecule has 0 radical (unpaired) electrons. The number of carbonyl (C=O) groups is 1. The molecule has 1 N–H and O–H groups in total. The molecule has 4 heterocycles. The summed E-state index contributed by atoms with van der Waals surface area (Å²) in [5.41, 5.74) is 2.18. The summed E-state index contributed by atoms with van der Waals surface area (Å²) in [5.74, 6) is 0.180. The number of carbonyl (C=O) groups excluding carboxylic acids is 1. The number of nitrogens with one attached hydrogen (secondary N) is 1. The first kappa shape index (κ1) is 26.2. The van der Waals surface area contributed by atoms with Crippen molar-refractivity contribution in [3.05, 3.63) is 132 Å². The van der Waals surface area contributed by atoms with Crippen LogP contribution in [0, 0.1) is 0 Å². The van der Waals surface area contributed by atoms with Crippen LogP contribution >= 0.6 is 39.0 Å². The van der Waals surface area contributed by atoms with Gasteiger partial charge in [0.05, 0.1) is 26.3 Å². The molecule has 6 rings (SSSR count). The second kappa shape index (κ2) is 11.2. The van der Waals surface area contributed by atoms with Gasteiger partial charge in [-0.3, -0.25) is 14.2 Å². The van der Waals surface area contributed by atoms with Gasteiger partial charge in [-0.05, 0) is 64.4 Å². The van der Waals surface area contributed by atoms with Crippen LogP contribution in [0.25, 0.3) is 6.08 Å². The second-order valence-electron chi connectivity index (χ2n) is 8.73. The number of allylic oxidation sites excluding steroid dienone is 1. The number of fused-ring (bicyclic) bond motifs is 1. The van der Waals surface area contributed by atoms with Gasteiger partial charge in [0.15, 0.2) is 15.1 Å². The molecule has 0 saturated carbocycles. The number of nitrogens with zero attached hydrogens (tertiary/aromatic N) is 4. The van der Waals surface area contributed by atoms with Crippen molar-refractivity contribution in [3.63, 3.8) is 0 Å². The van der Waals surface area contributed by atoms with Crippen LogP contribution in [0.5, 0.6) is 0 Å². The Labute approximate surface area is 245 Å². The van der Waals surface area contributed by atoms with Crippen molar-refractivity contribution in [3.8, 4) is 0 Å². The van der Waals surface area contributed by atoms with Crippen molar-refractivity contribution in [2.45, 2.75) is 23.2 Å². The first-order valence-corrected chi connectivity index (χ1v) is 14.6. The third-order valence-electron chi connectivity index (χ3n) is 6.09. The highest BCUT2D eigenvalue weighted by Crippen LogP contribution is 2.34. The second-order valence-corrected chi connectivity index (χ2v) is 11.5. The Morgan fingerprint density at radius 1 is 1.07 bits per heavy atom. The summed E-state index contributed by atoms with van der Waals surface area (Å²) in [6.45, 7) is 1.80. The quantitative estimate of drug-likeness (QED) is 0.260. The van der Waals surface area contributed by atoms with E-state index in [0.29, 0.717) is 42.3 Å². The van der Waals surface area contributed by atoms with Gasteiger partial charge in [-0.15, -0.1) is 0 Å². The number of rotatable bonds is 6. The Bertz CT molecular complexity index is 1920. The molecule has 198 valence electrons. The van der Waals surface area contributed by atoms with Gasteiger partial charge in [0, 0.05) is 24.2 Å². The maximum absolute atomic E-state index is 13.9. The van der Waals surface area contributed by atoms with Crippen LogP contribution in [0.2, 0.25) is 0 Å². The zero-order valence-electron chi connectivity index (χ0n) is 20.9. The van der Waals surface area contributed by atoms with Crippen molar-refractivity contribution < 1.29 is 9.21 Å². The molecule has 1 aliphatic heterocycles.